The maximum atomic E-state index is 9.04. The Kier molecular flexibility index (Phi) is 6.86. The summed E-state index contributed by atoms with van der Waals surface area (Å²) in [6.07, 6.45) is 5.64. The molecule has 1 heterocycles. The van der Waals surface area contributed by atoms with Gasteiger partial charge in [-0.3, -0.25) is 4.68 Å². The largest absolute Gasteiger partial charge is 0.394 e. The minimum Gasteiger partial charge on any atom is -0.394 e. The minimum absolute atomic E-state index is 0.127. The van der Waals surface area contributed by atoms with Crippen molar-refractivity contribution in [3.8, 4) is 0 Å². The summed E-state index contributed by atoms with van der Waals surface area (Å²) in [5.74, 6) is 0.704. The van der Waals surface area contributed by atoms with Gasteiger partial charge in [-0.2, -0.15) is 5.10 Å². The Hall–Kier alpha value is -0.910. The summed E-state index contributed by atoms with van der Waals surface area (Å²) in [4.78, 5) is 0. The summed E-state index contributed by atoms with van der Waals surface area (Å²) in [7, 11) is 0. The van der Waals surface area contributed by atoms with Gasteiger partial charge in [0, 0.05) is 24.3 Å². The number of nitrogens with zero attached hydrogens (tertiary/aromatic N) is 2. The third kappa shape index (κ3) is 4.54. The molecule has 2 N–H and O–H groups in total. The van der Waals surface area contributed by atoms with Crippen molar-refractivity contribution in [2.24, 2.45) is 5.92 Å². The molecule has 5 nitrogen and oxygen atoms in total. The van der Waals surface area contributed by atoms with Crippen LogP contribution in [0.4, 0.5) is 0 Å². The lowest BCUT2D eigenvalue weighted by Crippen LogP contribution is -2.29. The zero-order chi connectivity index (χ0) is 15.9. The summed E-state index contributed by atoms with van der Waals surface area (Å²) in [6, 6.07) is 0. The molecule has 1 saturated carbocycles. The standard InChI is InChI=1S/C17H31N3O2/c1-13-6-4-5-7-17(13)22-11-8-18-12-16-14(2)19-20(9-10-21)15(16)3/h13,17-18,21H,4-12H2,1-3H3. The van der Waals surface area contributed by atoms with Crippen LogP contribution in [-0.2, 0) is 17.8 Å². The number of nitrogens with one attached hydrogen (secondary N) is 1. The van der Waals surface area contributed by atoms with Crippen LogP contribution < -0.4 is 5.32 Å². The number of aliphatic hydroxyl groups is 1. The van der Waals surface area contributed by atoms with Crippen LogP contribution in [0.3, 0.4) is 0 Å². The van der Waals surface area contributed by atoms with E-state index in [9.17, 15) is 0 Å². The van der Waals surface area contributed by atoms with E-state index in [0.717, 1.165) is 31.1 Å². The Balaban J connectivity index is 1.70. The van der Waals surface area contributed by atoms with Gasteiger partial charge in [-0.15, -0.1) is 0 Å². The van der Waals surface area contributed by atoms with Crippen LogP contribution in [-0.4, -0.2) is 40.7 Å². The first kappa shape index (κ1) is 17.4. The molecule has 126 valence electrons. The second-order valence-electron chi connectivity index (χ2n) is 6.44. The Morgan fingerprint density at radius 1 is 1.32 bits per heavy atom. The first-order chi connectivity index (χ1) is 10.6. The molecule has 22 heavy (non-hydrogen) atoms. The van der Waals surface area contributed by atoms with Crippen molar-refractivity contribution in [2.45, 2.75) is 65.6 Å². The molecule has 0 aromatic carbocycles. The second-order valence-corrected chi connectivity index (χ2v) is 6.44. The Bertz CT molecular complexity index is 459. The molecule has 0 bridgehead atoms. The van der Waals surface area contributed by atoms with Gasteiger partial charge < -0.3 is 15.2 Å². The van der Waals surface area contributed by atoms with E-state index in [1.807, 2.05) is 11.6 Å². The molecule has 5 heteroatoms. The highest BCUT2D eigenvalue weighted by Crippen LogP contribution is 2.26. The summed E-state index contributed by atoms with van der Waals surface area (Å²) in [5.41, 5.74) is 3.42. The Morgan fingerprint density at radius 2 is 2.09 bits per heavy atom. The van der Waals surface area contributed by atoms with Gasteiger partial charge in [0.1, 0.15) is 0 Å². The Morgan fingerprint density at radius 3 is 2.82 bits per heavy atom. The fraction of sp³-hybridized carbons (Fsp3) is 0.824. The van der Waals surface area contributed by atoms with Crippen molar-refractivity contribution in [2.75, 3.05) is 19.8 Å². The maximum Gasteiger partial charge on any atom is 0.0644 e. The van der Waals surface area contributed by atoms with Crippen molar-refractivity contribution in [3.05, 3.63) is 17.0 Å². The summed E-state index contributed by atoms with van der Waals surface area (Å²) >= 11 is 0. The van der Waals surface area contributed by atoms with Gasteiger partial charge in [-0.1, -0.05) is 19.8 Å². The lowest BCUT2D eigenvalue weighted by molar-refractivity contribution is -0.00323. The zero-order valence-electron chi connectivity index (χ0n) is 14.3. The maximum absolute atomic E-state index is 9.04. The fourth-order valence-corrected chi connectivity index (χ4v) is 3.33. The molecule has 0 saturated heterocycles. The van der Waals surface area contributed by atoms with Crippen LogP contribution in [0.1, 0.15) is 49.6 Å². The van der Waals surface area contributed by atoms with E-state index in [0.29, 0.717) is 18.6 Å². The number of hydrogen-bond donors (Lipinski definition) is 2. The van der Waals surface area contributed by atoms with Crippen LogP contribution >= 0.6 is 0 Å². The summed E-state index contributed by atoms with van der Waals surface area (Å²) in [5, 5.41) is 17.0. The zero-order valence-corrected chi connectivity index (χ0v) is 14.3. The summed E-state index contributed by atoms with van der Waals surface area (Å²) < 4.78 is 7.90. The SMILES string of the molecule is Cc1nn(CCO)c(C)c1CNCCOC1CCCCC1C. The molecule has 2 atom stereocenters. The predicted molar refractivity (Wildman–Crippen MR) is 87.9 cm³/mol. The molecule has 1 aromatic heterocycles. The molecule has 1 aliphatic carbocycles. The molecule has 2 rings (SSSR count). The fourth-order valence-electron chi connectivity index (χ4n) is 3.33. The molecule has 1 fully saturated rings. The second kappa shape index (κ2) is 8.65. The summed E-state index contributed by atoms with van der Waals surface area (Å²) in [6.45, 7) is 9.54. The van der Waals surface area contributed by atoms with E-state index in [1.54, 1.807) is 0 Å². The van der Waals surface area contributed by atoms with E-state index in [1.165, 1.54) is 31.2 Å². The monoisotopic (exact) mass is 309 g/mol. The predicted octanol–water partition coefficient (Wildman–Crippen LogP) is 2.18. The van der Waals surface area contributed by atoms with Gasteiger partial charge in [0.25, 0.3) is 0 Å². The Labute approximate surface area is 134 Å². The quantitative estimate of drug-likeness (QED) is 0.723. The van der Waals surface area contributed by atoms with Crippen molar-refractivity contribution in [3.63, 3.8) is 0 Å². The number of rotatable bonds is 8. The highest BCUT2D eigenvalue weighted by Gasteiger charge is 2.21. The van der Waals surface area contributed by atoms with Crippen molar-refractivity contribution in [1.29, 1.82) is 0 Å². The van der Waals surface area contributed by atoms with Crippen LogP contribution in [0.2, 0.25) is 0 Å². The number of aryl methyl sites for hydroxylation is 1. The molecular weight excluding hydrogens is 278 g/mol. The van der Waals surface area contributed by atoms with Crippen LogP contribution in [0.25, 0.3) is 0 Å². The lowest BCUT2D eigenvalue weighted by Gasteiger charge is -2.28. The van der Waals surface area contributed by atoms with E-state index in [4.69, 9.17) is 9.84 Å². The number of aromatic nitrogens is 2. The average Bonchev–Trinajstić information content (AvgIpc) is 2.76. The average molecular weight is 309 g/mol. The van der Waals surface area contributed by atoms with E-state index < -0.39 is 0 Å². The van der Waals surface area contributed by atoms with E-state index >= 15 is 0 Å². The number of hydrogen-bond acceptors (Lipinski definition) is 4. The number of ether oxygens (including phenoxy) is 1. The molecule has 0 spiro atoms. The van der Waals surface area contributed by atoms with Gasteiger partial charge in [-0.25, -0.2) is 0 Å². The van der Waals surface area contributed by atoms with E-state index in [-0.39, 0.29) is 6.61 Å². The topological polar surface area (TPSA) is 59.3 Å². The minimum atomic E-state index is 0.127. The van der Waals surface area contributed by atoms with Gasteiger partial charge in [0.2, 0.25) is 0 Å². The van der Waals surface area contributed by atoms with Gasteiger partial charge >= 0.3 is 0 Å². The smallest absolute Gasteiger partial charge is 0.0644 e. The molecule has 0 radical (unpaired) electrons. The van der Waals surface area contributed by atoms with E-state index in [2.05, 4.69) is 24.3 Å². The van der Waals surface area contributed by atoms with Gasteiger partial charge in [0.15, 0.2) is 0 Å². The van der Waals surface area contributed by atoms with Crippen molar-refractivity contribution in [1.82, 2.24) is 15.1 Å². The lowest BCUT2D eigenvalue weighted by atomic mass is 9.88. The normalized spacial score (nSPS) is 22.2. The highest BCUT2D eigenvalue weighted by atomic mass is 16.5. The molecule has 2 unspecified atom stereocenters. The highest BCUT2D eigenvalue weighted by molar-refractivity contribution is 5.24. The number of aliphatic hydroxyl groups excluding tert-OH is 1. The molecule has 1 aromatic rings. The van der Waals surface area contributed by atoms with Gasteiger partial charge in [-0.05, 0) is 32.6 Å². The molecule has 0 amide bonds. The van der Waals surface area contributed by atoms with Crippen LogP contribution in [0.5, 0.6) is 0 Å². The van der Waals surface area contributed by atoms with Crippen LogP contribution in [0.15, 0.2) is 0 Å². The molecule has 1 aliphatic rings. The van der Waals surface area contributed by atoms with Crippen molar-refractivity contribution < 1.29 is 9.84 Å². The molecular formula is C17H31N3O2. The first-order valence-corrected chi connectivity index (χ1v) is 8.59. The van der Waals surface area contributed by atoms with Gasteiger partial charge in [0.05, 0.1) is 31.6 Å². The third-order valence-corrected chi connectivity index (χ3v) is 4.79. The molecule has 0 aliphatic heterocycles. The first-order valence-electron chi connectivity index (χ1n) is 8.59. The van der Waals surface area contributed by atoms with Crippen LogP contribution in [0, 0.1) is 19.8 Å². The van der Waals surface area contributed by atoms with Crippen molar-refractivity contribution >= 4 is 0 Å². The third-order valence-electron chi connectivity index (χ3n) is 4.79.